The first kappa shape index (κ1) is 17.4. The number of pyridine rings is 1. The number of aliphatic imine (C=N–C) groups is 1. The zero-order chi connectivity index (χ0) is 18.0. The van der Waals surface area contributed by atoms with Gasteiger partial charge in [0, 0.05) is 13.2 Å². The van der Waals surface area contributed by atoms with Gasteiger partial charge < -0.3 is 5.73 Å². The number of halogens is 1. The van der Waals surface area contributed by atoms with E-state index in [2.05, 4.69) is 22.1 Å². The Morgan fingerprint density at radius 2 is 2.04 bits per heavy atom. The van der Waals surface area contributed by atoms with Gasteiger partial charge in [-0.05, 0) is 48.6 Å². The van der Waals surface area contributed by atoms with E-state index >= 15 is 0 Å². The highest BCUT2D eigenvalue weighted by Crippen LogP contribution is 2.28. The normalized spacial score (nSPS) is 20.5. The Morgan fingerprint density at radius 1 is 1.28 bits per heavy atom. The van der Waals surface area contributed by atoms with Crippen molar-refractivity contribution in [1.29, 1.82) is 0 Å². The average Bonchev–Trinajstić information content (AvgIpc) is 2.58. The lowest BCUT2D eigenvalue weighted by atomic mass is 9.88. The summed E-state index contributed by atoms with van der Waals surface area (Å²) in [6.45, 7) is 1.98. The zero-order valence-corrected chi connectivity index (χ0v) is 15.1. The summed E-state index contributed by atoms with van der Waals surface area (Å²) in [6, 6.07) is 12.1. The van der Waals surface area contributed by atoms with Gasteiger partial charge in [-0.25, -0.2) is 9.98 Å². The fraction of sp³-hybridized carbons (Fsp3) is 0.316. The molecule has 1 amide bonds. The highest BCUT2D eigenvalue weighted by atomic mass is 35.5. The predicted octanol–water partition coefficient (Wildman–Crippen LogP) is 3.27. The monoisotopic (exact) mass is 356 g/mol. The lowest BCUT2D eigenvalue weighted by molar-refractivity contribution is -0.128. The van der Waals surface area contributed by atoms with E-state index in [0.717, 1.165) is 24.0 Å². The van der Waals surface area contributed by atoms with E-state index in [0.29, 0.717) is 17.5 Å². The molecule has 1 aliphatic rings. The van der Waals surface area contributed by atoms with E-state index in [1.54, 1.807) is 13.2 Å². The highest BCUT2D eigenvalue weighted by molar-refractivity contribution is 6.29. The molecule has 1 aromatic heterocycles. The third-order valence-electron chi connectivity index (χ3n) is 4.57. The molecule has 0 radical (unpaired) electrons. The van der Waals surface area contributed by atoms with Crippen LogP contribution in [-0.2, 0) is 11.2 Å². The molecule has 3 rings (SSSR count). The Morgan fingerprint density at radius 3 is 2.76 bits per heavy atom. The van der Waals surface area contributed by atoms with Crippen molar-refractivity contribution in [2.24, 2.45) is 10.7 Å². The molecule has 130 valence electrons. The number of carbonyl (C=O) groups excluding carboxylic acids is 1. The molecule has 2 N–H and O–H groups in total. The van der Waals surface area contributed by atoms with E-state index < -0.39 is 5.54 Å². The van der Waals surface area contributed by atoms with Crippen molar-refractivity contribution >= 4 is 23.5 Å². The van der Waals surface area contributed by atoms with Crippen LogP contribution in [0.2, 0.25) is 5.15 Å². The highest BCUT2D eigenvalue weighted by Gasteiger charge is 2.34. The maximum atomic E-state index is 12.0. The first-order chi connectivity index (χ1) is 11.9. The van der Waals surface area contributed by atoms with Crippen molar-refractivity contribution in [3.05, 3.63) is 53.3 Å². The van der Waals surface area contributed by atoms with Crippen molar-refractivity contribution in [2.45, 2.75) is 31.7 Å². The van der Waals surface area contributed by atoms with Crippen LogP contribution >= 0.6 is 11.6 Å². The summed E-state index contributed by atoms with van der Waals surface area (Å²) >= 11 is 5.98. The molecule has 1 unspecified atom stereocenters. The molecule has 0 fully saturated rings. The standard InChI is InChI=1S/C19H21ClN4O/c1-19(12-17(25)24(2)18(21)23-19)8-6-13-4-3-5-14(10-13)15-7-9-22-16(20)11-15/h3-5,7,9-11H,6,8,12H2,1-2H3,(H2,21,23). The first-order valence-corrected chi connectivity index (χ1v) is 8.57. The second-order valence-electron chi connectivity index (χ2n) is 6.66. The Balaban J connectivity index is 1.76. The average molecular weight is 357 g/mol. The summed E-state index contributed by atoms with van der Waals surface area (Å²) in [5.41, 5.74) is 8.72. The smallest absolute Gasteiger partial charge is 0.231 e. The van der Waals surface area contributed by atoms with Crippen LogP contribution in [-0.4, -0.2) is 34.3 Å². The van der Waals surface area contributed by atoms with Crippen LogP contribution in [0.1, 0.15) is 25.3 Å². The van der Waals surface area contributed by atoms with Gasteiger partial charge in [0.25, 0.3) is 0 Å². The second-order valence-corrected chi connectivity index (χ2v) is 7.05. The molecular formula is C19H21ClN4O. The molecule has 0 spiro atoms. The third-order valence-corrected chi connectivity index (χ3v) is 4.78. The van der Waals surface area contributed by atoms with E-state index in [4.69, 9.17) is 17.3 Å². The molecule has 0 saturated heterocycles. The number of nitrogens with two attached hydrogens (primary N) is 1. The molecule has 1 aliphatic heterocycles. The van der Waals surface area contributed by atoms with Gasteiger partial charge in [0.15, 0.2) is 5.96 Å². The molecule has 0 saturated carbocycles. The Kier molecular flexibility index (Phi) is 4.77. The van der Waals surface area contributed by atoms with Gasteiger partial charge in [-0.15, -0.1) is 0 Å². The van der Waals surface area contributed by atoms with E-state index in [1.807, 2.05) is 31.2 Å². The summed E-state index contributed by atoms with van der Waals surface area (Å²) in [5.74, 6) is 0.300. The third kappa shape index (κ3) is 3.99. The summed E-state index contributed by atoms with van der Waals surface area (Å²) in [7, 11) is 1.66. The number of benzene rings is 1. The van der Waals surface area contributed by atoms with Crippen molar-refractivity contribution in [3.8, 4) is 11.1 Å². The van der Waals surface area contributed by atoms with Gasteiger partial charge in [-0.3, -0.25) is 9.69 Å². The van der Waals surface area contributed by atoms with Crippen LogP contribution in [0.5, 0.6) is 0 Å². The molecule has 2 aromatic rings. The molecule has 6 heteroatoms. The fourth-order valence-corrected chi connectivity index (χ4v) is 3.18. The number of guanidine groups is 1. The quantitative estimate of drug-likeness (QED) is 0.854. The van der Waals surface area contributed by atoms with Crippen LogP contribution in [0, 0.1) is 0 Å². The Hall–Kier alpha value is -2.40. The van der Waals surface area contributed by atoms with E-state index in [9.17, 15) is 4.79 Å². The minimum Gasteiger partial charge on any atom is -0.369 e. The number of hydrogen-bond donors (Lipinski definition) is 1. The van der Waals surface area contributed by atoms with Crippen molar-refractivity contribution in [1.82, 2.24) is 9.88 Å². The summed E-state index contributed by atoms with van der Waals surface area (Å²) in [6.07, 6.45) is 3.65. The minimum atomic E-state index is -0.455. The van der Waals surface area contributed by atoms with Crippen LogP contribution in [0.15, 0.2) is 47.6 Å². The molecule has 2 heterocycles. The van der Waals surface area contributed by atoms with Crippen molar-refractivity contribution < 1.29 is 4.79 Å². The van der Waals surface area contributed by atoms with Crippen LogP contribution in [0.3, 0.4) is 0 Å². The van der Waals surface area contributed by atoms with Crippen LogP contribution in [0.4, 0.5) is 0 Å². The molecule has 1 atom stereocenters. The van der Waals surface area contributed by atoms with Gasteiger partial charge in [-0.2, -0.15) is 0 Å². The van der Waals surface area contributed by atoms with Gasteiger partial charge in [0.05, 0.1) is 12.0 Å². The number of aromatic nitrogens is 1. The largest absolute Gasteiger partial charge is 0.369 e. The van der Waals surface area contributed by atoms with Gasteiger partial charge in [-0.1, -0.05) is 35.9 Å². The first-order valence-electron chi connectivity index (χ1n) is 8.19. The Bertz CT molecular complexity index is 836. The van der Waals surface area contributed by atoms with Crippen molar-refractivity contribution in [3.63, 3.8) is 0 Å². The second kappa shape index (κ2) is 6.84. The Labute approximate surface area is 152 Å². The zero-order valence-electron chi connectivity index (χ0n) is 14.4. The fourth-order valence-electron chi connectivity index (χ4n) is 3.01. The molecular weight excluding hydrogens is 336 g/mol. The topological polar surface area (TPSA) is 71.6 Å². The SMILES string of the molecule is CN1C(=O)CC(C)(CCc2cccc(-c3ccnc(Cl)c3)c2)N=C1N. The van der Waals surface area contributed by atoms with E-state index in [-0.39, 0.29) is 5.91 Å². The predicted molar refractivity (Wildman–Crippen MR) is 100 cm³/mol. The number of amides is 1. The minimum absolute atomic E-state index is 0.00942. The molecule has 0 aliphatic carbocycles. The number of aryl methyl sites for hydroxylation is 1. The van der Waals surface area contributed by atoms with Crippen LogP contribution in [0.25, 0.3) is 11.1 Å². The maximum absolute atomic E-state index is 12.0. The maximum Gasteiger partial charge on any atom is 0.231 e. The molecule has 1 aromatic carbocycles. The summed E-state index contributed by atoms with van der Waals surface area (Å²) < 4.78 is 0. The number of hydrogen-bond acceptors (Lipinski definition) is 4. The number of carbonyl (C=O) groups is 1. The van der Waals surface area contributed by atoms with Gasteiger partial charge >= 0.3 is 0 Å². The number of rotatable bonds is 4. The van der Waals surface area contributed by atoms with Gasteiger partial charge in [0.1, 0.15) is 5.15 Å². The van der Waals surface area contributed by atoms with Crippen molar-refractivity contribution in [2.75, 3.05) is 7.05 Å². The lowest BCUT2D eigenvalue weighted by Crippen LogP contribution is -2.48. The number of nitrogens with zero attached hydrogens (tertiary/aromatic N) is 3. The molecule has 25 heavy (non-hydrogen) atoms. The van der Waals surface area contributed by atoms with Gasteiger partial charge in [0.2, 0.25) is 5.91 Å². The van der Waals surface area contributed by atoms with Crippen LogP contribution < -0.4 is 5.73 Å². The lowest BCUT2D eigenvalue weighted by Gasteiger charge is -2.33. The molecule has 0 bridgehead atoms. The summed E-state index contributed by atoms with van der Waals surface area (Å²) in [4.78, 5) is 22.0. The molecule has 5 nitrogen and oxygen atoms in total. The van der Waals surface area contributed by atoms with E-state index in [1.165, 1.54) is 10.5 Å². The summed E-state index contributed by atoms with van der Waals surface area (Å²) in [5, 5.41) is 0.477.